The summed E-state index contributed by atoms with van der Waals surface area (Å²) >= 11 is 0. The van der Waals surface area contributed by atoms with Crippen molar-refractivity contribution in [3.63, 3.8) is 0 Å². The molecule has 0 saturated heterocycles. The number of hydrogen-bond donors (Lipinski definition) is 2. The average molecular weight is 852 g/mol. The van der Waals surface area contributed by atoms with Gasteiger partial charge in [-0.2, -0.15) is 0 Å². The molecule has 0 heterocycles. The third-order valence-corrected chi connectivity index (χ3v) is 11.3. The number of nitrogens with two attached hydrogens (primary N) is 1. The number of unbranched alkanes of at least 4 members (excludes halogenated alkanes) is 27. The number of hydrogen-bond acceptors (Lipinski definition) is 8. The van der Waals surface area contributed by atoms with E-state index < -0.39 is 32.5 Å². The molecule has 3 N–H and O–H groups in total. The van der Waals surface area contributed by atoms with Crippen LogP contribution in [-0.4, -0.2) is 49.3 Å². The predicted molar refractivity (Wildman–Crippen MR) is 247 cm³/mol. The smallest absolute Gasteiger partial charge is 0.462 e. The second kappa shape index (κ2) is 45.5. The van der Waals surface area contributed by atoms with E-state index in [1.165, 1.54) is 128 Å². The van der Waals surface area contributed by atoms with E-state index in [4.69, 9.17) is 24.3 Å². The fraction of sp³-hybridized carbons (Fsp3) is 0.796. The van der Waals surface area contributed by atoms with Gasteiger partial charge < -0.3 is 20.1 Å². The summed E-state index contributed by atoms with van der Waals surface area (Å²) in [6.07, 6.45) is 53.0. The van der Waals surface area contributed by atoms with Crippen LogP contribution in [0.25, 0.3) is 0 Å². The maximum atomic E-state index is 12.6. The maximum absolute atomic E-state index is 12.6. The van der Waals surface area contributed by atoms with Gasteiger partial charge in [0.2, 0.25) is 0 Å². The van der Waals surface area contributed by atoms with Crippen molar-refractivity contribution in [2.24, 2.45) is 5.73 Å². The fourth-order valence-electron chi connectivity index (χ4n) is 6.76. The number of phosphoric acid groups is 1. The largest absolute Gasteiger partial charge is 0.472 e. The van der Waals surface area contributed by atoms with Crippen molar-refractivity contribution in [3.05, 3.63) is 48.6 Å². The summed E-state index contributed by atoms with van der Waals surface area (Å²) in [6, 6.07) is 0. The molecule has 0 aromatic rings. The van der Waals surface area contributed by atoms with Gasteiger partial charge in [-0.05, 0) is 32.1 Å². The van der Waals surface area contributed by atoms with Crippen molar-refractivity contribution in [2.75, 3.05) is 26.4 Å². The first-order valence-electron chi connectivity index (χ1n) is 24.2. The first kappa shape index (κ1) is 57.0. The summed E-state index contributed by atoms with van der Waals surface area (Å²) in [4.78, 5) is 35.0. The quantitative estimate of drug-likeness (QED) is 0.0266. The molecule has 2 atom stereocenters. The van der Waals surface area contributed by atoms with Gasteiger partial charge in [0.05, 0.1) is 13.2 Å². The van der Waals surface area contributed by atoms with Gasteiger partial charge >= 0.3 is 19.8 Å². The van der Waals surface area contributed by atoms with E-state index in [9.17, 15) is 19.0 Å². The number of rotatable bonds is 45. The van der Waals surface area contributed by atoms with Crippen LogP contribution in [0.2, 0.25) is 0 Å². The molecule has 0 amide bonds. The van der Waals surface area contributed by atoms with Crippen molar-refractivity contribution < 1.29 is 37.6 Å². The highest BCUT2D eigenvalue weighted by Crippen LogP contribution is 2.43. The highest BCUT2D eigenvalue weighted by atomic mass is 31.2. The average Bonchev–Trinajstić information content (AvgIpc) is 3.22. The number of allylic oxidation sites excluding steroid dienone is 8. The molecule has 59 heavy (non-hydrogen) atoms. The second-order valence-corrected chi connectivity index (χ2v) is 17.5. The first-order chi connectivity index (χ1) is 28.8. The Morgan fingerprint density at radius 1 is 0.525 bits per heavy atom. The first-order valence-corrected chi connectivity index (χ1v) is 25.7. The Bertz CT molecular complexity index is 1110. The minimum absolute atomic E-state index is 0.0494. The Morgan fingerprint density at radius 3 is 1.39 bits per heavy atom. The standard InChI is InChI=1S/C49H90NO8P/c1-3-5-7-9-11-13-15-17-19-20-21-22-23-24-25-26-28-30-32-34-36-38-40-42-49(52)58-47(46-57-59(53,54)56-44-43-50)45-55-48(51)41-39-37-35-33-31-29-27-18-16-14-12-10-8-6-4-2/h6,8,10,12,14,16,18,27,47H,3-5,7,9,11,13,15,17,19-26,28-46,50H2,1-2H3,(H,53,54)/b8-6+,12-10+,16-14+,27-18+/t47-/m1/s1. The molecule has 0 fully saturated rings. The monoisotopic (exact) mass is 852 g/mol. The number of carbonyl (C=O) groups excluding carboxylic acids is 2. The van der Waals surface area contributed by atoms with Crippen LogP contribution < -0.4 is 5.73 Å². The summed E-state index contributed by atoms with van der Waals surface area (Å²) in [6.45, 7) is 3.59. The lowest BCUT2D eigenvalue weighted by Gasteiger charge is -2.19. The Hall–Kier alpha value is -2.03. The molecule has 0 spiro atoms. The molecule has 9 nitrogen and oxygen atoms in total. The van der Waals surface area contributed by atoms with Crippen LogP contribution in [0, 0.1) is 0 Å². The van der Waals surface area contributed by atoms with E-state index in [1.54, 1.807) is 0 Å². The van der Waals surface area contributed by atoms with Crippen molar-refractivity contribution in [2.45, 2.75) is 225 Å². The number of ether oxygens (including phenoxy) is 2. The van der Waals surface area contributed by atoms with Crippen LogP contribution in [-0.2, 0) is 32.7 Å². The lowest BCUT2D eigenvalue weighted by Crippen LogP contribution is -2.29. The fourth-order valence-corrected chi connectivity index (χ4v) is 7.53. The van der Waals surface area contributed by atoms with Gasteiger partial charge in [-0.15, -0.1) is 0 Å². The molecular formula is C49H90NO8P. The van der Waals surface area contributed by atoms with E-state index in [-0.39, 0.29) is 32.6 Å². The zero-order valence-corrected chi connectivity index (χ0v) is 38.9. The topological polar surface area (TPSA) is 134 Å². The van der Waals surface area contributed by atoms with Gasteiger partial charge in [0, 0.05) is 19.4 Å². The lowest BCUT2D eigenvalue weighted by molar-refractivity contribution is -0.161. The minimum atomic E-state index is -4.38. The van der Waals surface area contributed by atoms with E-state index in [1.807, 2.05) is 30.4 Å². The summed E-state index contributed by atoms with van der Waals surface area (Å²) in [5, 5.41) is 0. The SMILES string of the molecule is CC/C=C/C=C/C=C/C=C/CCCCCCCC(=O)OC[C@H](COP(=O)(O)OCCN)OC(=O)CCCCCCCCCCCCCCCCCCCCCCCCC. The van der Waals surface area contributed by atoms with Gasteiger partial charge in [0.15, 0.2) is 6.10 Å². The molecule has 0 aliphatic rings. The zero-order chi connectivity index (χ0) is 43.2. The molecule has 0 aromatic heterocycles. The van der Waals surface area contributed by atoms with Gasteiger partial charge in [-0.1, -0.05) is 223 Å². The highest BCUT2D eigenvalue weighted by Gasteiger charge is 2.26. The molecule has 0 radical (unpaired) electrons. The molecule has 344 valence electrons. The number of phosphoric ester groups is 1. The van der Waals surface area contributed by atoms with Crippen molar-refractivity contribution >= 4 is 19.8 Å². The molecule has 0 aliphatic carbocycles. The molecule has 0 rings (SSSR count). The van der Waals surface area contributed by atoms with Crippen LogP contribution in [0.5, 0.6) is 0 Å². The third kappa shape index (κ3) is 45.3. The van der Waals surface area contributed by atoms with Crippen LogP contribution in [0.4, 0.5) is 0 Å². The summed E-state index contributed by atoms with van der Waals surface area (Å²) in [5.74, 6) is -0.849. The molecule has 1 unspecified atom stereocenters. The predicted octanol–water partition coefficient (Wildman–Crippen LogP) is 14.3. The molecule has 0 aliphatic heterocycles. The normalized spacial score (nSPS) is 13.6. The van der Waals surface area contributed by atoms with Crippen molar-refractivity contribution in [1.82, 2.24) is 0 Å². The molecular weight excluding hydrogens is 762 g/mol. The van der Waals surface area contributed by atoms with E-state index in [2.05, 4.69) is 32.1 Å². The third-order valence-electron chi connectivity index (χ3n) is 10.3. The van der Waals surface area contributed by atoms with Crippen LogP contribution in [0.15, 0.2) is 48.6 Å². The Kier molecular flexibility index (Phi) is 43.9. The minimum Gasteiger partial charge on any atom is -0.462 e. The van der Waals surface area contributed by atoms with Crippen molar-refractivity contribution in [1.29, 1.82) is 0 Å². The highest BCUT2D eigenvalue weighted by molar-refractivity contribution is 7.47. The van der Waals surface area contributed by atoms with E-state index >= 15 is 0 Å². The molecule has 0 saturated carbocycles. The zero-order valence-electron chi connectivity index (χ0n) is 38.0. The van der Waals surface area contributed by atoms with Crippen LogP contribution in [0.1, 0.15) is 219 Å². The van der Waals surface area contributed by atoms with Crippen LogP contribution >= 0.6 is 7.82 Å². The van der Waals surface area contributed by atoms with Gasteiger partial charge in [-0.3, -0.25) is 18.6 Å². The van der Waals surface area contributed by atoms with E-state index in [0.717, 1.165) is 51.4 Å². The van der Waals surface area contributed by atoms with Gasteiger partial charge in [-0.25, -0.2) is 4.57 Å². The molecule has 0 bridgehead atoms. The van der Waals surface area contributed by atoms with Crippen LogP contribution in [0.3, 0.4) is 0 Å². The molecule has 0 aromatic carbocycles. The van der Waals surface area contributed by atoms with Crippen molar-refractivity contribution in [3.8, 4) is 0 Å². The van der Waals surface area contributed by atoms with Gasteiger partial charge in [0.25, 0.3) is 0 Å². The van der Waals surface area contributed by atoms with Gasteiger partial charge in [0.1, 0.15) is 6.61 Å². The van der Waals surface area contributed by atoms with E-state index in [0.29, 0.717) is 12.8 Å². The Balaban J connectivity index is 4.05. The summed E-state index contributed by atoms with van der Waals surface area (Å²) < 4.78 is 32.8. The Labute approximate surface area is 362 Å². The Morgan fingerprint density at radius 2 is 0.932 bits per heavy atom. The summed E-state index contributed by atoms with van der Waals surface area (Å²) in [7, 11) is -4.38. The number of carbonyl (C=O) groups is 2. The maximum Gasteiger partial charge on any atom is 0.472 e. The molecule has 10 heteroatoms. The number of esters is 2. The lowest BCUT2D eigenvalue weighted by atomic mass is 10.0. The summed E-state index contributed by atoms with van der Waals surface area (Å²) in [5.41, 5.74) is 5.36. The second-order valence-electron chi connectivity index (χ2n) is 16.1.